The first-order valence-electron chi connectivity index (χ1n) is 5.07. The number of hydrogen-bond acceptors (Lipinski definition) is 3. The number of nitrogens with one attached hydrogen (secondary N) is 1. The normalized spacial score (nSPS) is 12.2. The highest BCUT2D eigenvalue weighted by molar-refractivity contribution is 5.85. The minimum Gasteiger partial charge on any atom is -0.481 e. The van der Waals surface area contributed by atoms with Gasteiger partial charge in [-0.05, 0) is 12.3 Å². The zero-order valence-corrected chi connectivity index (χ0v) is 9.40. The van der Waals surface area contributed by atoms with E-state index in [9.17, 15) is 14.4 Å². The number of hydrogen-bond donors (Lipinski definition) is 3. The molecule has 3 N–H and O–H groups in total. The van der Waals surface area contributed by atoms with Gasteiger partial charge in [0, 0.05) is 6.42 Å². The second kappa shape index (κ2) is 6.81. The average molecular weight is 231 g/mol. The quantitative estimate of drug-likeness (QED) is 0.590. The maximum atomic E-state index is 11.2. The first kappa shape index (κ1) is 14.4. The summed E-state index contributed by atoms with van der Waals surface area (Å²) in [5.41, 5.74) is 0. The molecule has 0 fully saturated rings. The van der Waals surface area contributed by atoms with Crippen molar-refractivity contribution in [2.45, 2.75) is 39.2 Å². The van der Waals surface area contributed by atoms with Crippen LogP contribution in [-0.4, -0.2) is 34.1 Å². The van der Waals surface area contributed by atoms with Gasteiger partial charge in [0.15, 0.2) is 0 Å². The molecule has 0 saturated carbocycles. The van der Waals surface area contributed by atoms with Crippen molar-refractivity contribution in [1.29, 1.82) is 0 Å². The van der Waals surface area contributed by atoms with Crippen molar-refractivity contribution < 1.29 is 24.6 Å². The molecule has 0 heterocycles. The van der Waals surface area contributed by atoms with Gasteiger partial charge in [-0.15, -0.1) is 0 Å². The van der Waals surface area contributed by atoms with Crippen molar-refractivity contribution in [3.63, 3.8) is 0 Å². The van der Waals surface area contributed by atoms with E-state index in [1.54, 1.807) is 0 Å². The van der Waals surface area contributed by atoms with Gasteiger partial charge in [0.05, 0.1) is 6.42 Å². The molecular formula is C10H17NO5. The highest BCUT2D eigenvalue weighted by Gasteiger charge is 2.20. The van der Waals surface area contributed by atoms with Gasteiger partial charge in [-0.3, -0.25) is 9.59 Å². The first-order chi connectivity index (χ1) is 7.32. The van der Waals surface area contributed by atoms with Crippen LogP contribution in [0.25, 0.3) is 0 Å². The molecular weight excluding hydrogens is 214 g/mol. The fourth-order valence-corrected chi connectivity index (χ4v) is 1.18. The number of carboxylic acid groups (broad SMARTS) is 2. The Kier molecular flexibility index (Phi) is 6.14. The number of rotatable bonds is 7. The zero-order chi connectivity index (χ0) is 12.7. The topological polar surface area (TPSA) is 104 Å². The van der Waals surface area contributed by atoms with Crippen LogP contribution in [0.15, 0.2) is 0 Å². The van der Waals surface area contributed by atoms with Crippen molar-refractivity contribution in [1.82, 2.24) is 5.32 Å². The van der Waals surface area contributed by atoms with Gasteiger partial charge in [-0.2, -0.15) is 0 Å². The molecule has 0 aliphatic rings. The molecule has 0 aromatic rings. The molecule has 0 aromatic carbocycles. The van der Waals surface area contributed by atoms with Gasteiger partial charge in [0.25, 0.3) is 0 Å². The van der Waals surface area contributed by atoms with E-state index in [4.69, 9.17) is 10.2 Å². The fraction of sp³-hybridized carbons (Fsp3) is 0.700. The maximum absolute atomic E-state index is 11.2. The summed E-state index contributed by atoms with van der Waals surface area (Å²) < 4.78 is 0. The Morgan fingerprint density at radius 3 is 2.06 bits per heavy atom. The van der Waals surface area contributed by atoms with E-state index in [1.165, 1.54) is 0 Å². The molecule has 16 heavy (non-hydrogen) atoms. The van der Waals surface area contributed by atoms with Gasteiger partial charge in [0.1, 0.15) is 6.04 Å². The van der Waals surface area contributed by atoms with Gasteiger partial charge in [-0.25, -0.2) is 4.79 Å². The predicted molar refractivity (Wildman–Crippen MR) is 55.9 cm³/mol. The van der Waals surface area contributed by atoms with Crippen LogP contribution in [0, 0.1) is 5.92 Å². The molecule has 1 unspecified atom stereocenters. The molecule has 0 rings (SSSR count). The smallest absolute Gasteiger partial charge is 0.326 e. The number of carboxylic acids is 2. The second-order valence-corrected chi connectivity index (χ2v) is 3.98. The van der Waals surface area contributed by atoms with Gasteiger partial charge < -0.3 is 15.5 Å². The second-order valence-electron chi connectivity index (χ2n) is 3.98. The van der Waals surface area contributed by atoms with Crippen LogP contribution in [0.1, 0.15) is 33.1 Å². The molecule has 0 bridgehead atoms. The summed E-state index contributed by atoms with van der Waals surface area (Å²) in [5.74, 6) is -2.58. The summed E-state index contributed by atoms with van der Waals surface area (Å²) in [4.78, 5) is 32.2. The summed E-state index contributed by atoms with van der Waals surface area (Å²) in [5, 5.41) is 19.5. The largest absolute Gasteiger partial charge is 0.481 e. The van der Waals surface area contributed by atoms with Crippen LogP contribution in [0.4, 0.5) is 0 Å². The highest BCUT2D eigenvalue weighted by atomic mass is 16.4. The van der Waals surface area contributed by atoms with Crippen LogP contribution >= 0.6 is 0 Å². The third-order valence-corrected chi connectivity index (χ3v) is 1.91. The van der Waals surface area contributed by atoms with Crippen molar-refractivity contribution in [2.75, 3.05) is 0 Å². The lowest BCUT2D eigenvalue weighted by Crippen LogP contribution is -2.41. The van der Waals surface area contributed by atoms with E-state index in [2.05, 4.69) is 5.32 Å². The third kappa shape index (κ3) is 6.80. The van der Waals surface area contributed by atoms with Gasteiger partial charge in [0.2, 0.25) is 5.91 Å². The molecule has 0 aromatic heterocycles. The minimum absolute atomic E-state index is 0.140. The Hall–Kier alpha value is -1.59. The lowest BCUT2D eigenvalue weighted by Gasteiger charge is -2.16. The van der Waals surface area contributed by atoms with E-state index in [1.807, 2.05) is 13.8 Å². The Bertz CT molecular complexity index is 274. The molecule has 6 nitrogen and oxygen atoms in total. The zero-order valence-electron chi connectivity index (χ0n) is 9.40. The monoisotopic (exact) mass is 231 g/mol. The molecule has 1 amide bonds. The van der Waals surface area contributed by atoms with Crippen molar-refractivity contribution in [2.24, 2.45) is 5.92 Å². The SMILES string of the molecule is CC(C)CC(NC(=O)CCC(=O)O)C(=O)O. The summed E-state index contributed by atoms with van der Waals surface area (Å²) in [7, 11) is 0. The Balaban J connectivity index is 4.13. The summed E-state index contributed by atoms with van der Waals surface area (Å²) in [6.45, 7) is 3.69. The standard InChI is InChI=1S/C10H17NO5/c1-6(2)5-7(10(15)16)11-8(12)3-4-9(13)14/h6-7H,3-5H2,1-2H3,(H,11,12)(H,13,14)(H,15,16). The predicted octanol–water partition coefficient (Wildman–Crippen LogP) is 0.467. The molecule has 92 valence electrons. The van der Waals surface area contributed by atoms with Gasteiger partial charge in [-0.1, -0.05) is 13.8 Å². The summed E-state index contributed by atoms with van der Waals surface area (Å²) in [6, 6.07) is -0.943. The molecule has 0 aliphatic carbocycles. The van der Waals surface area contributed by atoms with E-state index in [0.29, 0.717) is 6.42 Å². The van der Waals surface area contributed by atoms with E-state index in [0.717, 1.165) is 0 Å². The molecule has 1 atom stereocenters. The van der Waals surface area contributed by atoms with Crippen LogP contribution in [0.5, 0.6) is 0 Å². The van der Waals surface area contributed by atoms with Crippen LogP contribution < -0.4 is 5.32 Å². The Morgan fingerprint density at radius 2 is 1.69 bits per heavy atom. The van der Waals surface area contributed by atoms with Crippen molar-refractivity contribution >= 4 is 17.8 Å². The number of amides is 1. The molecule has 0 aliphatic heterocycles. The average Bonchev–Trinajstić information content (AvgIpc) is 2.12. The first-order valence-corrected chi connectivity index (χ1v) is 5.07. The maximum Gasteiger partial charge on any atom is 0.326 e. The van der Waals surface area contributed by atoms with E-state index < -0.39 is 23.9 Å². The highest BCUT2D eigenvalue weighted by Crippen LogP contribution is 2.05. The molecule has 6 heteroatoms. The third-order valence-electron chi connectivity index (χ3n) is 1.91. The van der Waals surface area contributed by atoms with E-state index >= 15 is 0 Å². The van der Waals surface area contributed by atoms with Crippen molar-refractivity contribution in [3.05, 3.63) is 0 Å². The number of aliphatic carboxylic acids is 2. The molecule has 0 saturated heterocycles. The molecule has 0 radical (unpaired) electrons. The van der Waals surface area contributed by atoms with Gasteiger partial charge >= 0.3 is 11.9 Å². The van der Waals surface area contributed by atoms with Crippen LogP contribution in [-0.2, 0) is 14.4 Å². The van der Waals surface area contributed by atoms with Crippen molar-refractivity contribution in [3.8, 4) is 0 Å². The lowest BCUT2D eigenvalue weighted by atomic mass is 10.0. The minimum atomic E-state index is -1.10. The molecule has 0 spiro atoms. The number of carbonyl (C=O) groups is 3. The lowest BCUT2D eigenvalue weighted by molar-refractivity contribution is -0.142. The number of carbonyl (C=O) groups excluding carboxylic acids is 1. The van der Waals surface area contributed by atoms with Crippen LogP contribution in [0.3, 0.4) is 0 Å². The Morgan fingerprint density at radius 1 is 1.12 bits per heavy atom. The van der Waals surface area contributed by atoms with Crippen LogP contribution in [0.2, 0.25) is 0 Å². The summed E-state index contributed by atoms with van der Waals surface area (Å²) in [6.07, 6.45) is -0.162. The summed E-state index contributed by atoms with van der Waals surface area (Å²) >= 11 is 0. The fourth-order valence-electron chi connectivity index (χ4n) is 1.18. The van der Waals surface area contributed by atoms with E-state index in [-0.39, 0.29) is 18.8 Å². The Labute approximate surface area is 93.6 Å².